The number of hydrogen-bond acceptors (Lipinski definition) is 4. The Morgan fingerprint density at radius 3 is 2.42 bits per heavy atom. The molecule has 0 saturated heterocycles. The first-order chi connectivity index (χ1) is 12.4. The molecule has 0 radical (unpaired) electrons. The number of halogens is 5. The van der Waals surface area contributed by atoms with E-state index in [1.165, 1.54) is 18.2 Å². The lowest BCUT2D eigenvalue weighted by molar-refractivity contribution is -0.0543. The minimum atomic E-state index is -3.19. The highest BCUT2D eigenvalue weighted by molar-refractivity contribution is 6.33. The summed E-state index contributed by atoms with van der Waals surface area (Å²) in [7, 11) is 0. The van der Waals surface area contributed by atoms with Gasteiger partial charge in [0, 0.05) is 11.6 Å². The van der Waals surface area contributed by atoms with E-state index in [9.17, 15) is 22.4 Å². The molecule has 0 aliphatic rings. The van der Waals surface area contributed by atoms with E-state index in [2.05, 4.69) is 20.0 Å². The van der Waals surface area contributed by atoms with Crippen molar-refractivity contribution in [3.05, 3.63) is 58.6 Å². The standard InChI is InChI=1S/C16H11ClF4N2O3/c17-12-4-2-1-3-11(12)14(24)23-22-8-9-5-6-10(25-15(18)19)7-13(9)26-16(20)21/h1-8,15-16H,(H,23,24). The number of nitrogens with zero attached hydrogens (tertiary/aromatic N) is 1. The summed E-state index contributed by atoms with van der Waals surface area (Å²) in [5.41, 5.74) is 2.34. The van der Waals surface area contributed by atoms with Crippen molar-refractivity contribution in [3.8, 4) is 11.5 Å². The van der Waals surface area contributed by atoms with Crippen molar-refractivity contribution >= 4 is 23.7 Å². The highest BCUT2D eigenvalue weighted by Crippen LogP contribution is 2.26. The monoisotopic (exact) mass is 390 g/mol. The number of amides is 1. The first-order valence-corrected chi connectivity index (χ1v) is 7.36. The SMILES string of the molecule is O=C(NN=Cc1ccc(OC(F)F)cc1OC(F)F)c1ccccc1Cl. The zero-order chi connectivity index (χ0) is 19.1. The van der Waals surface area contributed by atoms with Crippen LogP contribution < -0.4 is 14.9 Å². The average Bonchev–Trinajstić information content (AvgIpc) is 2.56. The van der Waals surface area contributed by atoms with Gasteiger partial charge >= 0.3 is 13.2 Å². The molecule has 0 heterocycles. The number of hydrazone groups is 1. The van der Waals surface area contributed by atoms with Crippen LogP contribution in [0.5, 0.6) is 11.5 Å². The normalized spacial score (nSPS) is 11.2. The van der Waals surface area contributed by atoms with Crippen LogP contribution in [-0.4, -0.2) is 25.3 Å². The third kappa shape index (κ3) is 5.62. The van der Waals surface area contributed by atoms with Crippen LogP contribution >= 0.6 is 11.6 Å². The fourth-order valence-corrected chi connectivity index (χ4v) is 2.08. The van der Waals surface area contributed by atoms with Crippen LogP contribution in [0.4, 0.5) is 17.6 Å². The summed E-state index contributed by atoms with van der Waals surface area (Å²) in [4.78, 5) is 11.9. The van der Waals surface area contributed by atoms with Crippen LogP contribution in [0.2, 0.25) is 5.02 Å². The van der Waals surface area contributed by atoms with Gasteiger partial charge in [-0.1, -0.05) is 23.7 Å². The fraction of sp³-hybridized carbons (Fsp3) is 0.125. The molecule has 5 nitrogen and oxygen atoms in total. The molecule has 26 heavy (non-hydrogen) atoms. The number of rotatable bonds is 7. The number of nitrogens with one attached hydrogen (secondary N) is 1. The maximum atomic E-state index is 12.5. The van der Waals surface area contributed by atoms with Gasteiger partial charge in [-0.05, 0) is 24.3 Å². The van der Waals surface area contributed by atoms with Gasteiger partial charge in [0.25, 0.3) is 5.91 Å². The van der Waals surface area contributed by atoms with Gasteiger partial charge in [-0.25, -0.2) is 5.43 Å². The van der Waals surface area contributed by atoms with Crippen molar-refractivity contribution in [2.75, 3.05) is 0 Å². The summed E-state index contributed by atoms with van der Waals surface area (Å²) in [5, 5.41) is 3.82. The molecule has 2 rings (SSSR count). The number of hydrogen-bond donors (Lipinski definition) is 1. The van der Waals surface area contributed by atoms with Crippen LogP contribution in [0.15, 0.2) is 47.6 Å². The summed E-state index contributed by atoms with van der Waals surface area (Å²) in [6, 6.07) is 9.35. The second-order valence-electron chi connectivity index (χ2n) is 4.64. The topological polar surface area (TPSA) is 59.9 Å². The van der Waals surface area contributed by atoms with E-state index >= 15 is 0 Å². The Morgan fingerprint density at radius 2 is 1.77 bits per heavy atom. The van der Waals surface area contributed by atoms with Crippen LogP contribution in [0, 0.1) is 0 Å². The lowest BCUT2D eigenvalue weighted by atomic mass is 10.2. The lowest BCUT2D eigenvalue weighted by Crippen LogP contribution is -2.18. The Hall–Kier alpha value is -2.81. The summed E-state index contributed by atoms with van der Waals surface area (Å²) in [6.45, 7) is -6.31. The van der Waals surface area contributed by atoms with E-state index < -0.39 is 24.9 Å². The molecule has 2 aromatic carbocycles. The molecular formula is C16H11ClF4N2O3. The van der Waals surface area contributed by atoms with Gasteiger partial charge in [0.1, 0.15) is 11.5 Å². The average molecular weight is 391 g/mol. The largest absolute Gasteiger partial charge is 0.435 e. The van der Waals surface area contributed by atoms with Gasteiger partial charge in [-0.3, -0.25) is 4.79 Å². The summed E-state index contributed by atoms with van der Waals surface area (Å²) >= 11 is 5.87. The van der Waals surface area contributed by atoms with E-state index in [-0.39, 0.29) is 21.9 Å². The van der Waals surface area contributed by atoms with Crippen LogP contribution in [0.3, 0.4) is 0 Å². The smallest absolute Gasteiger partial charge is 0.387 e. The molecule has 0 aromatic heterocycles. The van der Waals surface area contributed by atoms with Crippen LogP contribution in [-0.2, 0) is 0 Å². The molecule has 0 aliphatic carbocycles. The zero-order valence-corrected chi connectivity index (χ0v) is 13.6. The molecule has 0 bridgehead atoms. The predicted octanol–water partition coefficient (Wildman–Crippen LogP) is 4.31. The van der Waals surface area contributed by atoms with Crippen molar-refractivity contribution in [2.45, 2.75) is 13.2 Å². The van der Waals surface area contributed by atoms with E-state index in [4.69, 9.17) is 11.6 Å². The predicted molar refractivity (Wildman–Crippen MR) is 86.2 cm³/mol. The molecule has 0 fully saturated rings. The highest BCUT2D eigenvalue weighted by Gasteiger charge is 2.13. The summed E-state index contributed by atoms with van der Waals surface area (Å²) in [6.07, 6.45) is 1.01. The van der Waals surface area contributed by atoms with E-state index in [1.807, 2.05) is 0 Å². The van der Waals surface area contributed by atoms with Gasteiger partial charge in [0.2, 0.25) is 0 Å². The van der Waals surface area contributed by atoms with Gasteiger partial charge in [-0.15, -0.1) is 0 Å². The molecule has 0 aliphatic heterocycles. The van der Waals surface area contributed by atoms with E-state index in [0.717, 1.165) is 18.3 Å². The van der Waals surface area contributed by atoms with Gasteiger partial charge in [0.15, 0.2) is 0 Å². The van der Waals surface area contributed by atoms with Gasteiger partial charge in [0.05, 0.1) is 16.8 Å². The number of alkyl halides is 4. The van der Waals surface area contributed by atoms with Crippen LogP contribution in [0.25, 0.3) is 0 Å². The molecule has 0 atom stereocenters. The third-order valence-electron chi connectivity index (χ3n) is 2.91. The Balaban J connectivity index is 2.15. The van der Waals surface area contributed by atoms with Crippen molar-refractivity contribution in [2.24, 2.45) is 5.10 Å². The zero-order valence-electron chi connectivity index (χ0n) is 12.8. The molecular weight excluding hydrogens is 380 g/mol. The second kappa shape index (κ2) is 9.04. The number of carbonyl (C=O) groups excluding carboxylic acids is 1. The first kappa shape index (κ1) is 19.5. The molecule has 1 amide bonds. The Morgan fingerprint density at radius 1 is 1.08 bits per heavy atom. The molecule has 2 aromatic rings. The Kier molecular flexibility index (Phi) is 6.79. The number of carbonyl (C=O) groups is 1. The minimum Gasteiger partial charge on any atom is -0.435 e. The van der Waals surface area contributed by atoms with Crippen molar-refractivity contribution < 1.29 is 31.8 Å². The second-order valence-corrected chi connectivity index (χ2v) is 5.04. The quantitative estimate of drug-likeness (QED) is 0.435. The number of ether oxygens (including phenoxy) is 2. The molecule has 1 N–H and O–H groups in total. The van der Waals surface area contributed by atoms with Crippen LogP contribution in [0.1, 0.15) is 15.9 Å². The third-order valence-corrected chi connectivity index (χ3v) is 3.24. The van der Waals surface area contributed by atoms with E-state index in [0.29, 0.717) is 0 Å². The highest BCUT2D eigenvalue weighted by atomic mass is 35.5. The summed E-state index contributed by atoms with van der Waals surface area (Å²) < 4.78 is 57.7. The van der Waals surface area contributed by atoms with Crippen molar-refractivity contribution in [1.29, 1.82) is 0 Å². The Bertz CT molecular complexity index is 803. The minimum absolute atomic E-state index is 0.00590. The summed E-state index contributed by atoms with van der Waals surface area (Å²) in [5.74, 6) is -1.44. The number of benzene rings is 2. The van der Waals surface area contributed by atoms with Crippen molar-refractivity contribution in [3.63, 3.8) is 0 Å². The lowest BCUT2D eigenvalue weighted by Gasteiger charge is -2.10. The Labute approximate surface area is 150 Å². The van der Waals surface area contributed by atoms with Crippen molar-refractivity contribution in [1.82, 2.24) is 5.43 Å². The first-order valence-electron chi connectivity index (χ1n) is 6.98. The molecule has 138 valence electrons. The molecule has 0 spiro atoms. The van der Waals surface area contributed by atoms with Gasteiger partial charge < -0.3 is 9.47 Å². The van der Waals surface area contributed by atoms with E-state index in [1.54, 1.807) is 12.1 Å². The molecule has 10 heteroatoms. The van der Waals surface area contributed by atoms with Gasteiger partial charge in [-0.2, -0.15) is 22.7 Å². The molecule has 0 saturated carbocycles. The maximum absolute atomic E-state index is 12.5. The maximum Gasteiger partial charge on any atom is 0.387 e. The fourth-order valence-electron chi connectivity index (χ4n) is 1.86. The molecule has 0 unspecified atom stereocenters.